The molecule has 0 aliphatic rings. The Labute approximate surface area is 169 Å². The highest BCUT2D eigenvalue weighted by Crippen LogP contribution is 2.22. The van der Waals surface area contributed by atoms with Crippen molar-refractivity contribution < 1.29 is 14.7 Å². The van der Waals surface area contributed by atoms with Crippen LogP contribution in [-0.4, -0.2) is 16.8 Å². The average molecular weight is 394 g/mol. The van der Waals surface area contributed by atoms with Gasteiger partial charge in [0, 0.05) is 5.02 Å². The fourth-order valence-corrected chi connectivity index (χ4v) is 3.04. The highest BCUT2D eigenvalue weighted by Gasteiger charge is 2.05. The molecule has 0 aromatic heterocycles. The van der Waals surface area contributed by atoms with Crippen LogP contribution in [0.2, 0.25) is 5.02 Å². The maximum absolute atomic E-state index is 10.9. The second-order valence-electron chi connectivity index (χ2n) is 6.43. The Morgan fingerprint density at radius 3 is 2.39 bits per heavy atom. The molecule has 142 valence electrons. The Morgan fingerprint density at radius 1 is 0.964 bits per heavy atom. The molecule has 1 N–H and O–H groups in total. The second kappa shape index (κ2) is 9.20. The van der Waals surface area contributed by atoms with Crippen molar-refractivity contribution in [3.05, 3.63) is 94.5 Å². The van der Waals surface area contributed by atoms with Crippen LogP contribution in [-0.2, 0) is 22.7 Å². The van der Waals surface area contributed by atoms with Crippen molar-refractivity contribution in [2.45, 2.75) is 20.0 Å². The Bertz CT molecular complexity index is 997. The van der Waals surface area contributed by atoms with E-state index < -0.39 is 5.97 Å². The van der Waals surface area contributed by atoms with Gasteiger partial charge in [0.1, 0.15) is 6.61 Å². The van der Waals surface area contributed by atoms with Crippen molar-refractivity contribution in [2.75, 3.05) is 0 Å². The Morgan fingerprint density at radius 2 is 1.68 bits per heavy atom. The molecule has 0 fully saturated rings. The molecule has 0 aliphatic heterocycles. The lowest BCUT2D eigenvalue weighted by molar-refractivity contribution is -0.136. The Balaban J connectivity index is 1.67. The average Bonchev–Trinajstić information content (AvgIpc) is 2.68. The SMILES string of the molecule is CC(=NOCc1cccc(Cl)c1)c1ccc(-c2cccc(CC(=O)O)c2)cc1. The number of hydrogen-bond acceptors (Lipinski definition) is 3. The van der Waals surface area contributed by atoms with E-state index in [1.54, 1.807) is 0 Å². The van der Waals surface area contributed by atoms with Crippen LogP contribution in [0.15, 0.2) is 78.0 Å². The zero-order chi connectivity index (χ0) is 19.9. The number of carboxylic acids is 1. The van der Waals surface area contributed by atoms with E-state index in [1.807, 2.05) is 79.7 Å². The molecular formula is C23H20ClNO3. The maximum Gasteiger partial charge on any atom is 0.307 e. The third-order valence-corrected chi connectivity index (χ3v) is 4.48. The predicted molar refractivity (Wildman–Crippen MR) is 112 cm³/mol. The zero-order valence-corrected chi connectivity index (χ0v) is 16.2. The van der Waals surface area contributed by atoms with Crippen LogP contribution in [0.1, 0.15) is 23.6 Å². The summed E-state index contributed by atoms with van der Waals surface area (Å²) in [5.41, 5.74) is 5.47. The molecule has 3 rings (SSSR count). The molecule has 0 atom stereocenters. The minimum atomic E-state index is -0.836. The van der Waals surface area contributed by atoms with Gasteiger partial charge in [-0.3, -0.25) is 4.79 Å². The Hall–Kier alpha value is -3.11. The van der Waals surface area contributed by atoms with Gasteiger partial charge in [0.15, 0.2) is 0 Å². The van der Waals surface area contributed by atoms with Gasteiger partial charge in [-0.05, 0) is 46.9 Å². The van der Waals surface area contributed by atoms with Crippen LogP contribution < -0.4 is 0 Å². The number of rotatable bonds is 7. The summed E-state index contributed by atoms with van der Waals surface area (Å²) in [7, 11) is 0. The number of aliphatic carboxylic acids is 1. The first kappa shape index (κ1) is 19.6. The van der Waals surface area contributed by atoms with E-state index in [4.69, 9.17) is 21.5 Å². The third-order valence-electron chi connectivity index (χ3n) is 4.24. The standard InChI is InChI=1S/C23H20ClNO3/c1-16(25-28-15-18-5-3-7-22(24)13-18)19-8-10-20(11-9-19)21-6-2-4-17(12-21)14-23(26)27/h2-13H,14-15H2,1H3,(H,26,27). The van der Waals surface area contributed by atoms with E-state index in [2.05, 4.69) is 5.16 Å². The van der Waals surface area contributed by atoms with E-state index >= 15 is 0 Å². The minimum Gasteiger partial charge on any atom is -0.481 e. The van der Waals surface area contributed by atoms with E-state index in [0.29, 0.717) is 11.6 Å². The minimum absolute atomic E-state index is 0.0155. The molecule has 5 heteroatoms. The van der Waals surface area contributed by atoms with Crippen molar-refractivity contribution in [1.29, 1.82) is 0 Å². The van der Waals surface area contributed by atoms with Gasteiger partial charge in [0.2, 0.25) is 0 Å². The van der Waals surface area contributed by atoms with Gasteiger partial charge >= 0.3 is 5.97 Å². The third kappa shape index (κ3) is 5.44. The summed E-state index contributed by atoms with van der Waals surface area (Å²) in [5.74, 6) is -0.836. The monoisotopic (exact) mass is 393 g/mol. The zero-order valence-electron chi connectivity index (χ0n) is 15.4. The lowest BCUT2D eigenvalue weighted by Gasteiger charge is -2.07. The van der Waals surface area contributed by atoms with Gasteiger partial charge in [0.05, 0.1) is 12.1 Å². The van der Waals surface area contributed by atoms with E-state index in [0.717, 1.165) is 33.5 Å². The molecule has 3 aromatic carbocycles. The molecule has 0 bridgehead atoms. The quantitative estimate of drug-likeness (QED) is 0.421. The molecule has 0 spiro atoms. The van der Waals surface area contributed by atoms with Crippen LogP contribution >= 0.6 is 11.6 Å². The predicted octanol–water partition coefficient (Wildman–Crippen LogP) is 5.57. The molecule has 0 amide bonds. The van der Waals surface area contributed by atoms with E-state index in [1.165, 1.54) is 0 Å². The fourth-order valence-electron chi connectivity index (χ4n) is 2.82. The van der Waals surface area contributed by atoms with Crippen molar-refractivity contribution >= 4 is 23.3 Å². The molecule has 4 nitrogen and oxygen atoms in total. The number of carboxylic acid groups (broad SMARTS) is 1. The number of carbonyl (C=O) groups is 1. The number of nitrogens with zero attached hydrogens (tertiary/aromatic N) is 1. The normalized spacial score (nSPS) is 11.3. The van der Waals surface area contributed by atoms with Crippen molar-refractivity contribution in [1.82, 2.24) is 0 Å². The highest BCUT2D eigenvalue weighted by molar-refractivity contribution is 6.30. The fraction of sp³-hybridized carbons (Fsp3) is 0.130. The van der Waals surface area contributed by atoms with Gasteiger partial charge in [-0.15, -0.1) is 0 Å². The molecule has 0 aliphatic carbocycles. The van der Waals surface area contributed by atoms with Crippen LogP contribution in [0.4, 0.5) is 0 Å². The largest absolute Gasteiger partial charge is 0.481 e. The summed E-state index contributed by atoms with van der Waals surface area (Å²) < 4.78 is 0. The summed E-state index contributed by atoms with van der Waals surface area (Å²) in [6, 6.07) is 23.0. The number of benzene rings is 3. The highest BCUT2D eigenvalue weighted by atomic mass is 35.5. The smallest absolute Gasteiger partial charge is 0.307 e. The molecule has 3 aromatic rings. The Kier molecular flexibility index (Phi) is 6.45. The summed E-state index contributed by atoms with van der Waals surface area (Å²) in [5, 5.41) is 13.8. The first-order valence-electron chi connectivity index (χ1n) is 8.84. The summed E-state index contributed by atoms with van der Waals surface area (Å²) in [6.45, 7) is 2.24. The van der Waals surface area contributed by atoms with Crippen LogP contribution in [0.25, 0.3) is 11.1 Å². The molecule has 28 heavy (non-hydrogen) atoms. The van der Waals surface area contributed by atoms with Gasteiger partial charge in [-0.2, -0.15) is 0 Å². The summed E-state index contributed by atoms with van der Waals surface area (Å²) in [6.07, 6.45) is 0.0155. The summed E-state index contributed by atoms with van der Waals surface area (Å²) in [4.78, 5) is 16.3. The molecule has 0 radical (unpaired) electrons. The van der Waals surface area contributed by atoms with Gasteiger partial charge in [-0.25, -0.2) is 0 Å². The number of oxime groups is 1. The summed E-state index contributed by atoms with van der Waals surface area (Å²) >= 11 is 5.96. The molecular weight excluding hydrogens is 374 g/mol. The van der Waals surface area contributed by atoms with Gasteiger partial charge < -0.3 is 9.94 Å². The van der Waals surface area contributed by atoms with Gasteiger partial charge in [0.25, 0.3) is 0 Å². The van der Waals surface area contributed by atoms with E-state index in [-0.39, 0.29) is 6.42 Å². The first-order chi connectivity index (χ1) is 13.5. The molecule has 0 unspecified atom stereocenters. The van der Waals surface area contributed by atoms with Crippen LogP contribution in [0.3, 0.4) is 0 Å². The van der Waals surface area contributed by atoms with E-state index in [9.17, 15) is 4.79 Å². The van der Waals surface area contributed by atoms with Crippen LogP contribution in [0.5, 0.6) is 0 Å². The lowest BCUT2D eigenvalue weighted by Crippen LogP contribution is -2.00. The van der Waals surface area contributed by atoms with Crippen molar-refractivity contribution in [2.24, 2.45) is 5.16 Å². The van der Waals surface area contributed by atoms with Gasteiger partial charge in [-0.1, -0.05) is 77.4 Å². The van der Waals surface area contributed by atoms with Crippen molar-refractivity contribution in [3.8, 4) is 11.1 Å². The number of halogens is 1. The maximum atomic E-state index is 10.9. The lowest BCUT2D eigenvalue weighted by atomic mass is 10.00. The number of hydrogen-bond donors (Lipinski definition) is 1. The molecule has 0 heterocycles. The topological polar surface area (TPSA) is 58.9 Å². The van der Waals surface area contributed by atoms with Crippen LogP contribution in [0, 0.1) is 0 Å². The first-order valence-corrected chi connectivity index (χ1v) is 9.21. The molecule has 0 saturated carbocycles. The van der Waals surface area contributed by atoms with Crippen molar-refractivity contribution in [3.63, 3.8) is 0 Å². The molecule has 0 saturated heterocycles. The second-order valence-corrected chi connectivity index (χ2v) is 6.86.